The molecule has 0 bridgehead atoms. The highest BCUT2D eigenvalue weighted by molar-refractivity contribution is 9.10. The standard InChI is InChI=1S/C31H33BrN2O5/c1-39-28-18-7-22(8-19-28)9-20-30(36)33(26-16-12-25(32)13-17-26)31(24-10-14-27(15-11-24)34(37)38)29(35)21-23-5-3-2-4-6-23/h7-8,10-19,23,31H,2-6,9,20-21H2,1H3. The Kier molecular flexibility index (Phi) is 9.87. The van der Waals surface area contributed by atoms with Crippen LogP contribution in [0.1, 0.15) is 62.1 Å². The largest absolute Gasteiger partial charge is 0.497 e. The van der Waals surface area contributed by atoms with Gasteiger partial charge in [0.15, 0.2) is 5.78 Å². The summed E-state index contributed by atoms with van der Waals surface area (Å²) in [6.45, 7) is 0. The number of hydrogen-bond donors (Lipinski definition) is 0. The molecule has 1 atom stereocenters. The van der Waals surface area contributed by atoms with E-state index in [4.69, 9.17) is 4.74 Å². The molecule has 8 heteroatoms. The molecule has 0 saturated heterocycles. The quantitative estimate of drug-likeness (QED) is 0.169. The fourth-order valence-electron chi connectivity index (χ4n) is 5.25. The molecule has 0 radical (unpaired) electrons. The molecule has 1 fully saturated rings. The lowest BCUT2D eigenvalue weighted by Gasteiger charge is -2.33. The maximum absolute atomic E-state index is 14.0. The molecule has 39 heavy (non-hydrogen) atoms. The minimum Gasteiger partial charge on any atom is -0.497 e. The third kappa shape index (κ3) is 7.53. The second kappa shape index (κ2) is 13.5. The van der Waals surface area contributed by atoms with Gasteiger partial charge in [-0.1, -0.05) is 60.2 Å². The van der Waals surface area contributed by atoms with Gasteiger partial charge in [-0.25, -0.2) is 0 Å². The van der Waals surface area contributed by atoms with Crippen molar-refractivity contribution in [3.05, 3.63) is 98.5 Å². The molecule has 1 unspecified atom stereocenters. The van der Waals surface area contributed by atoms with E-state index in [2.05, 4.69) is 15.9 Å². The second-order valence-corrected chi connectivity index (χ2v) is 10.9. The van der Waals surface area contributed by atoms with E-state index in [0.717, 1.165) is 41.5 Å². The predicted octanol–water partition coefficient (Wildman–Crippen LogP) is 7.61. The first kappa shape index (κ1) is 28.5. The summed E-state index contributed by atoms with van der Waals surface area (Å²) < 4.78 is 6.09. The Hall–Kier alpha value is -3.52. The number of ether oxygens (including phenoxy) is 1. The van der Waals surface area contributed by atoms with Crippen molar-refractivity contribution < 1.29 is 19.2 Å². The number of non-ortho nitro benzene ring substituents is 1. The summed E-state index contributed by atoms with van der Waals surface area (Å²) in [6.07, 6.45) is 6.48. The van der Waals surface area contributed by atoms with Gasteiger partial charge >= 0.3 is 0 Å². The van der Waals surface area contributed by atoms with Gasteiger partial charge in [-0.3, -0.25) is 24.6 Å². The molecule has 3 aromatic rings. The lowest BCUT2D eigenvalue weighted by Crippen LogP contribution is -2.40. The van der Waals surface area contributed by atoms with Crippen molar-refractivity contribution >= 4 is 39.0 Å². The maximum atomic E-state index is 14.0. The molecular formula is C31H33BrN2O5. The van der Waals surface area contributed by atoms with E-state index in [-0.39, 0.29) is 29.7 Å². The van der Waals surface area contributed by atoms with Gasteiger partial charge < -0.3 is 4.74 Å². The Morgan fingerprint density at radius 1 is 0.974 bits per heavy atom. The molecule has 204 valence electrons. The number of nitro benzene ring substituents is 1. The fraction of sp³-hybridized carbons (Fsp3) is 0.355. The number of carbonyl (C=O) groups is 2. The van der Waals surface area contributed by atoms with Gasteiger partial charge in [-0.2, -0.15) is 0 Å². The zero-order valence-electron chi connectivity index (χ0n) is 22.1. The normalized spacial score (nSPS) is 14.4. The zero-order valence-corrected chi connectivity index (χ0v) is 23.6. The first-order valence-corrected chi connectivity index (χ1v) is 14.1. The Bertz CT molecular complexity index is 1270. The summed E-state index contributed by atoms with van der Waals surface area (Å²) in [4.78, 5) is 40.4. The van der Waals surface area contributed by atoms with E-state index >= 15 is 0 Å². The summed E-state index contributed by atoms with van der Waals surface area (Å²) in [7, 11) is 1.61. The van der Waals surface area contributed by atoms with Crippen molar-refractivity contribution in [1.29, 1.82) is 0 Å². The van der Waals surface area contributed by atoms with Crippen LogP contribution in [-0.2, 0) is 16.0 Å². The average Bonchev–Trinajstić information content (AvgIpc) is 2.96. The first-order chi connectivity index (χ1) is 18.9. The summed E-state index contributed by atoms with van der Waals surface area (Å²) in [5, 5.41) is 11.3. The number of aryl methyl sites for hydroxylation is 1. The summed E-state index contributed by atoms with van der Waals surface area (Å²) >= 11 is 3.46. The minimum absolute atomic E-state index is 0.0449. The second-order valence-electron chi connectivity index (χ2n) is 10.0. The minimum atomic E-state index is -0.878. The third-order valence-corrected chi connectivity index (χ3v) is 7.89. The number of hydrogen-bond acceptors (Lipinski definition) is 5. The molecule has 1 amide bonds. The van der Waals surface area contributed by atoms with E-state index in [1.165, 1.54) is 18.6 Å². The first-order valence-electron chi connectivity index (χ1n) is 13.3. The molecule has 3 aromatic carbocycles. The van der Waals surface area contributed by atoms with Gasteiger partial charge in [-0.05, 0) is 72.0 Å². The van der Waals surface area contributed by atoms with Crippen LogP contribution < -0.4 is 9.64 Å². The highest BCUT2D eigenvalue weighted by Crippen LogP contribution is 2.35. The summed E-state index contributed by atoms with van der Waals surface area (Å²) in [5.74, 6) is 0.797. The molecule has 4 rings (SSSR count). The van der Waals surface area contributed by atoms with Crippen LogP contribution in [0.15, 0.2) is 77.3 Å². The van der Waals surface area contributed by atoms with Crippen LogP contribution in [0.5, 0.6) is 5.75 Å². The van der Waals surface area contributed by atoms with Crippen LogP contribution in [0.4, 0.5) is 11.4 Å². The maximum Gasteiger partial charge on any atom is 0.269 e. The lowest BCUT2D eigenvalue weighted by atomic mass is 9.83. The molecule has 1 saturated carbocycles. The van der Waals surface area contributed by atoms with Crippen LogP contribution in [0.2, 0.25) is 0 Å². The van der Waals surface area contributed by atoms with Gasteiger partial charge in [0.2, 0.25) is 5.91 Å². The van der Waals surface area contributed by atoms with Gasteiger partial charge in [0.05, 0.1) is 12.0 Å². The topological polar surface area (TPSA) is 89.8 Å². The number of carbonyl (C=O) groups excluding carboxylic acids is 2. The molecule has 1 aliphatic rings. The number of ketones is 1. The number of halogens is 1. The van der Waals surface area contributed by atoms with Crippen LogP contribution in [-0.4, -0.2) is 23.7 Å². The van der Waals surface area contributed by atoms with E-state index in [1.54, 1.807) is 24.1 Å². The Morgan fingerprint density at radius 2 is 1.62 bits per heavy atom. The molecular weight excluding hydrogens is 560 g/mol. The molecule has 1 aliphatic carbocycles. The number of rotatable bonds is 11. The van der Waals surface area contributed by atoms with Crippen molar-refractivity contribution in [3.63, 3.8) is 0 Å². The predicted molar refractivity (Wildman–Crippen MR) is 155 cm³/mol. The van der Waals surface area contributed by atoms with Gasteiger partial charge in [0.1, 0.15) is 11.8 Å². The highest BCUT2D eigenvalue weighted by atomic mass is 79.9. The van der Waals surface area contributed by atoms with Crippen LogP contribution in [0.3, 0.4) is 0 Å². The Morgan fingerprint density at radius 3 is 2.21 bits per heavy atom. The van der Waals surface area contributed by atoms with Crippen molar-refractivity contribution in [2.45, 2.75) is 57.4 Å². The number of anilines is 1. The van der Waals surface area contributed by atoms with Crippen LogP contribution in [0.25, 0.3) is 0 Å². The molecule has 0 aliphatic heterocycles. The lowest BCUT2D eigenvalue weighted by molar-refractivity contribution is -0.384. The molecule has 0 heterocycles. The van der Waals surface area contributed by atoms with Crippen LogP contribution >= 0.6 is 15.9 Å². The average molecular weight is 594 g/mol. The van der Waals surface area contributed by atoms with Gasteiger partial charge in [-0.15, -0.1) is 0 Å². The zero-order chi connectivity index (χ0) is 27.8. The molecule has 0 spiro atoms. The van der Waals surface area contributed by atoms with Crippen LogP contribution in [0, 0.1) is 16.0 Å². The Labute approximate surface area is 237 Å². The highest BCUT2D eigenvalue weighted by Gasteiger charge is 2.34. The summed E-state index contributed by atoms with van der Waals surface area (Å²) in [6, 6.07) is 20.0. The van der Waals surface area contributed by atoms with Crippen molar-refractivity contribution in [3.8, 4) is 5.75 Å². The molecule has 0 aromatic heterocycles. The monoisotopic (exact) mass is 592 g/mol. The Balaban J connectivity index is 1.69. The van der Waals surface area contributed by atoms with Gasteiger partial charge in [0, 0.05) is 35.1 Å². The van der Waals surface area contributed by atoms with Crippen molar-refractivity contribution in [2.24, 2.45) is 5.92 Å². The van der Waals surface area contributed by atoms with E-state index in [0.29, 0.717) is 24.1 Å². The smallest absolute Gasteiger partial charge is 0.269 e. The molecule has 7 nitrogen and oxygen atoms in total. The number of nitro groups is 1. The third-order valence-electron chi connectivity index (χ3n) is 7.36. The van der Waals surface area contributed by atoms with Crippen molar-refractivity contribution in [2.75, 3.05) is 12.0 Å². The fourth-order valence-corrected chi connectivity index (χ4v) is 5.51. The van der Waals surface area contributed by atoms with Gasteiger partial charge in [0.25, 0.3) is 5.69 Å². The van der Waals surface area contributed by atoms with Crippen molar-refractivity contribution in [1.82, 2.24) is 0 Å². The number of methoxy groups -OCH3 is 1. The number of benzene rings is 3. The van der Waals surface area contributed by atoms with E-state index < -0.39 is 11.0 Å². The number of amides is 1. The van der Waals surface area contributed by atoms with E-state index in [1.807, 2.05) is 48.5 Å². The number of nitrogens with zero attached hydrogens (tertiary/aromatic N) is 2. The SMILES string of the molecule is COc1ccc(CCC(=O)N(c2ccc(Br)cc2)C(C(=O)CC2CCCCC2)c2ccc([N+](=O)[O-])cc2)cc1. The van der Waals surface area contributed by atoms with E-state index in [9.17, 15) is 19.7 Å². The molecule has 0 N–H and O–H groups in total. The number of Topliss-reactive ketones (excluding diaryl/α,β-unsaturated/α-hetero) is 1. The summed E-state index contributed by atoms with van der Waals surface area (Å²) in [5.41, 5.74) is 2.11.